The molecule has 3 atom stereocenters. The zero-order chi connectivity index (χ0) is 17.6. The van der Waals surface area contributed by atoms with Gasteiger partial charge in [-0.1, -0.05) is 26.2 Å². The lowest BCUT2D eigenvalue weighted by Gasteiger charge is -2.60. The minimum absolute atomic E-state index is 0.195. The number of carbonyl (C=O) groups is 3. The number of amides is 2. The molecule has 0 spiro atoms. The zero-order valence-corrected chi connectivity index (χ0v) is 16.0. The van der Waals surface area contributed by atoms with Crippen molar-refractivity contribution < 1.29 is 23.9 Å². The SMILES string of the molecule is C=C1[C@@H](C(=O)OC)[C@H](C(=O)N2CCOC2=O)[C@@]1(SC)[Si](C)(C)C. The summed E-state index contributed by atoms with van der Waals surface area (Å²) in [5, 5.41) is 0. The average Bonchev–Trinajstić information content (AvgIpc) is 2.89. The third kappa shape index (κ3) is 2.42. The highest BCUT2D eigenvalue weighted by Crippen LogP contribution is 2.61. The van der Waals surface area contributed by atoms with Crippen molar-refractivity contribution in [1.29, 1.82) is 0 Å². The fraction of sp³-hybridized carbons (Fsp3) is 0.667. The molecular formula is C15H23NO5SSi. The van der Waals surface area contributed by atoms with Crippen LogP contribution in [-0.4, -0.2) is 61.8 Å². The van der Waals surface area contributed by atoms with Crippen LogP contribution in [0.25, 0.3) is 0 Å². The molecule has 0 aromatic rings. The maximum Gasteiger partial charge on any atom is 0.416 e. The first kappa shape index (κ1) is 18.1. The molecule has 0 radical (unpaired) electrons. The summed E-state index contributed by atoms with van der Waals surface area (Å²) in [6.45, 7) is 11.0. The summed E-state index contributed by atoms with van der Waals surface area (Å²) in [5.74, 6) is -2.15. The van der Waals surface area contributed by atoms with E-state index in [9.17, 15) is 14.4 Å². The van der Waals surface area contributed by atoms with Crippen molar-refractivity contribution in [2.45, 2.75) is 24.0 Å². The summed E-state index contributed by atoms with van der Waals surface area (Å²) in [6.07, 6.45) is 1.29. The fourth-order valence-electron chi connectivity index (χ4n) is 3.77. The van der Waals surface area contributed by atoms with E-state index in [0.717, 1.165) is 10.5 Å². The van der Waals surface area contributed by atoms with Gasteiger partial charge in [0.1, 0.15) is 6.61 Å². The summed E-state index contributed by atoms with van der Waals surface area (Å²) in [7, 11) is -0.630. The van der Waals surface area contributed by atoms with Crippen molar-refractivity contribution in [2.75, 3.05) is 26.5 Å². The Morgan fingerprint density at radius 1 is 1.43 bits per heavy atom. The number of ether oxygens (including phenoxy) is 2. The Balaban J connectivity index is 2.47. The number of rotatable bonds is 4. The van der Waals surface area contributed by atoms with E-state index in [4.69, 9.17) is 9.47 Å². The van der Waals surface area contributed by atoms with Crippen LogP contribution in [0, 0.1) is 11.8 Å². The molecule has 0 N–H and O–H groups in total. The highest BCUT2D eigenvalue weighted by atomic mass is 32.2. The predicted octanol–water partition coefficient (Wildman–Crippen LogP) is 1.92. The molecule has 0 unspecified atom stereocenters. The van der Waals surface area contributed by atoms with E-state index >= 15 is 0 Å². The van der Waals surface area contributed by atoms with Gasteiger partial charge in [0.05, 0.1) is 33.6 Å². The summed E-state index contributed by atoms with van der Waals surface area (Å²) in [6, 6.07) is 0. The largest absolute Gasteiger partial charge is 0.469 e. The number of carbonyl (C=O) groups excluding carboxylic acids is 3. The van der Waals surface area contributed by atoms with Crippen LogP contribution in [0.2, 0.25) is 19.6 Å². The summed E-state index contributed by atoms with van der Waals surface area (Å²) in [4.78, 5) is 38.1. The molecule has 1 saturated carbocycles. The first-order valence-electron chi connectivity index (χ1n) is 7.43. The molecule has 1 aliphatic heterocycles. The third-order valence-corrected chi connectivity index (χ3v) is 11.3. The lowest BCUT2D eigenvalue weighted by Crippen LogP contribution is -2.71. The molecule has 0 aromatic carbocycles. The van der Waals surface area contributed by atoms with Gasteiger partial charge in [-0.15, -0.1) is 0 Å². The van der Waals surface area contributed by atoms with E-state index in [1.165, 1.54) is 7.11 Å². The number of hydrogen-bond acceptors (Lipinski definition) is 6. The van der Waals surface area contributed by atoms with Gasteiger partial charge >= 0.3 is 12.1 Å². The van der Waals surface area contributed by atoms with Crippen LogP contribution in [0.5, 0.6) is 0 Å². The number of nitrogens with zero attached hydrogens (tertiary/aromatic N) is 1. The Morgan fingerprint density at radius 3 is 2.43 bits per heavy atom. The molecule has 2 fully saturated rings. The topological polar surface area (TPSA) is 72.9 Å². The van der Waals surface area contributed by atoms with E-state index in [-0.39, 0.29) is 19.1 Å². The molecule has 0 bridgehead atoms. The molecular weight excluding hydrogens is 334 g/mol. The summed E-state index contributed by atoms with van der Waals surface area (Å²) >= 11 is 1.56. The Bertz CT molecular complexity index is 573. The Morgan fingerprint density at radius 2 is 2.04 bits per heavy atom. The lowest BCUT2D eigenvalue weighted by molar-refractivity contribution is -0.154. The second kappa shape index (κ2) is 5.97. The maximum atomic E-state index is 13.0. The average molecular weight is 358 g/mol. The summed E-state index contributed by atoms with van der Waals surface area (Å²) in [5.41, 5.74) is 0.738. The normalized spacial score (nSPS) is 30.7. The molecule has 6 nitrogen and oxygen atoms in total. The van der Waals surface area contributed by atoms with Crippen LogP contribution in [0.15, 0.2) is 12.2 Å². The van der Waals surface area contributed by atoms with Gasteiger partial charge in [0.15, 0.2) is 0 Å². The van der Waals surface area contributed by atoms with Gasteiger partial charge in [-0.2, -0.15) is 11.8 Å². The first-order valence-corrected chi connectivity index (χ1v) is 12.2. The predicted molar refractivity (Wildman–Crippen MR) is 90.8 cm³/mol. The lowest BCUT2D eigenvalue weighted by atomic mass is 9.67. The molecule has 128 valence electrons. The van der Waals surface area contributed by atoms with Crippen molar-refractivity contribution in [3.05, 3.63) is 12.2 Å². The van der Waals surface area contributed by atoms with E-state index in [0.29, 0.717) is 0 Å². The van der Waals surface area contributed by atoms with Gasteiger partial charge in [-0.05, 0) is 11.8 Å². The number of methoxy groups -OCH3 is 1. The number of hydrogen-bond donors (Lipinski definition) is 0. The van der Waals surface area contributed by atoms with Crippen LogP contribution < -0.4 is 0 Å². The number of esters is 1. The van der Waals surface area contributed by atoms with Crippen molar-refractivity contribution in [1.82, 2.24) is 4.90 Å². The van der Waals surface area contributed by atoms with E-state index in [2.05, 4.69) is 26.2 Å². The van der Waals surface area contributed by atoms with Gasteiger partial charge in [-0.3, -0.25) is 9.59 Å². The first-order chi connectivity index (χ1) is 10.6. The Hall–Kier alpha value is -1.28. The minimum Gasteiger partial charge on any atom is -0.469 e. The molecule has 0 aromatic heterocycles. The second-order valence-electron chi connectivity index (χ2n) is 6.80. The van der Waals surface area contributed by atoms with Crippen molar-refractivity contribution in [3.63, 3.8) is 0 Å². The molecule has 2 rings (SSSR count). The maximum absolute atomic E-state index is 13.0. The number of imide groups is 1. The van der Waals surface area contributed by atoms with Crippen molar-refractivity contribution in [2.24, 2.45) is 11.8 Å². The van der Waals surface area contributed by atoms with Crippen molar-refractivity contribution >= 4 is 37.8 Å². The van der Waals surface area contributed by atoms with Gasteiger partial charge in [-0.25, -0.2) is 9.69 Å². The molecule has 1 saturated heterocycles. The van der Waals surface area contributed by atoms with Crippen LogP contribution in [0.4, 0.5) is 4.79 Å². The van der Waals surface area contributed by atoms with Crippen LogP contribution in [0.1, 0.15) is 0 Å². The summed E-state index contributed by atoms with van der Waals surface area (Å²) < 4.78 is 9.24. The van der Waals surface area contributed by atoms with Crippen molar-refractivity contribution in [3.8, 4) is 0 Å². The minimum atomic E-state index is -1.93. The number of thioether (sulfide) groups is 1. The van der Waals surface area contributed by atoms with E-state index < -0.39 is 36.3 Å². The molecule has 1 aliphatic carbocycles. The second-order valence-corrected chi connectivity index (χ2v) is 13.5. The zero-order valence-electron chi connectivity index (χ0n) is 14.2. The molecule has 2 amide bonds. The van der Waals surface area contributed by atoms with Gasteiger partial charge in [0, 0.05) is 4.37 Å². The molecule has 2 aliphatic rings. The van der Waals surface area contributed by atoms with E-state index in [1.54, 1.807) is 11.8 Å². The molecule has 8 heteroatoms. The number of cyclic esters (lactones) is 1. The monoisotopic (exact) mass is 357 g/mol. The third-order valence-electron chi connectivity index (χ3n) is 4.81. The highest BCUT2D eigenvalue weighted by molar-refractivity contribution is 8.02. The van der Waals surface area contributed by atoms with E-state index in [1.807, 2.05) is 6.26 Å². The Kier molecular flexibility index (Phi) is 4.69. The standard InChI is InChI=1S/C15H23NO5SSi/c1-9-10(13(18)20-2)11(15(9,22-3)23(4,5)6)12(17)16-7-8-21-14(16)19/h10-11H,1,7-8H2,2-6H3/t10-,11-,15+/m1/s1. The smallest absolute Gasteiger partial charge is 0.416 e. The highest BCUT2D eigenvalue weighted by Gasteiger charge is 2.69. The quantitative estimate of drug-likeness (QED) is 0.435. The van der Waals surface area contributed by atoms with Crippen LogP contribution in [0.3, 0.4) is 0 Å². The molecule has 23 heavy (non-hydrogen) atoms. The molecule has 1 heterocycles. The van der Waals surface area contributed by atoms with Gasteiger partial charge < -0.3 is 9.47 Å². The van der Waals surface area contributed by atoms with Gasteiger partial charge in [0.2, 0.25) is 5.91 Å². The van der Waals surface area contributed by atoms with Crippen LogP contribution in [-0.2, 0) is 19.1 Å². The Labute approximate surface area is 141 Å². The van der Waals surface area contributed by atoms with Crippen LogP contribution >= 0.6 is 11.8 Å². The van der Waals surface area contributed by atoms with Gasteiger partial charge in [0.25, 0.3) is 0 Å². The fourth-order valence-corrected chi connectivity index (χ4v) is 9.44.